The minimum Gasteiger partial charge on any atom is -0.302 e. The van der Waals surface area contributed by atoms with Crippen LogP contribution in [0.3, 0.4) is 0 Å². The Kier molecular flexibility index (Phi) is 4.45. The highest BCUT2D eigenvalue weighted by molar-refractivity contribution is 5.39. The molecular formula is C19H21F3N4O2. The van der Waals surface area contributed by atoms with Crippen molar-refractivity contribution >= 4 is 0 Å². The van der Waals surface area contributed by atoms with Crippen molar-refractivity contribution in [2.24, 2.45) is 5.92 Å². The molecule has 6 nitrogen and oxygen atoms in total. The number of aryl methyl sites for hydroxylation is 2. The highest BCUT2D eigenvalue weighted by Crippen LogP contribution is 2.59. The molecule has 1 aliphatic heterocycles. The lowest BCUT2D eigenvalue weighted by atomic mass is 9.94. The van der Waals surface area contributed by atoms with Crippen LogP contribution in [0.2, 0.25) is 0 Å². The number of likely N-dealkylation sites (tertiary alicyclic amines) is 1. The van der Waals surface area contributed by atoms with Crippen molar-refractivity contribution < 1.29 is 13.2 Å². The molecule has 4 rings (SSSR count). The third-order valence-corrected chi connectivity index (χ3v) is 5.90. The van der Waals surface area contributed by atoms with Crippen LogP contribution in [-0.2, 0) is 18.1 Å². The van der Waals surface area contributed by atoms with E-state index in [1.165, 1.54) is 16.8 Å². The molecule has 1 N–H and O–H groups in total. The van der Waals surface area contributed by atoms with Crippen molar-refractivity contribution in [2.45, 2.75) is 37.9 Å². The Hall–Kier alpha value is -2.42. The van der Waals surface area contributed by atoms with Gasteiger partial charge in [-0.1, -0.05) is 12.1 Å². The standard InChI is InChI=1S/C19H21F3N4O2/c1-12-16(27)23-17(28)26(24-12)8-2-7-25-10-15-9-18(15,11-25)13-3-5-14(6-4-13)19(20,21)22/h3-6,15H,2,7-11H2,1H3,(H,23,27,28)/t15-,18+/m0/s1. The molecule has 1 aliphatic carbocycles. The lowest BCUT2D eigenvalue weighted by Crippen LogP contribution is -2.35. The molecule has 0 spiro atoms. The zero-order valence-corrected chi connectivity index (χ0v) is 15.4. The molecule has 2 heterocycles. The Balaban J connectivity index is 1.36. The number of halogens is 3. The molecule has 2 atom stereocenters. The van der Waals surface area contributed by atoms with Crippen LogP contribution in [0.4, 0.5) is 13.2 Å². The summed E-state index contributed by atoms with van der Waals surface area (Å²) in [5, 5.41) is 4.00. The lowest BCUT2D eigenvalue weighted by molar-refractivity contribution is -0.137. The summed E-state index contributed by atoms with van der Waals surface area (Å²) in [5.41, 5.74) is -0.409. The topological polar surface area (TPSA) is 71.0 Å². The van der Waals surface area contributed by atoms with Crippen LogP contribution < -0.4 is 11.2 Å². The molecular weight excluding hydrogens is 373 g/mol. The van der Waals surface area contributed by atoms with Gasteiger partial charge in [-0.25, -0.2) is 9.48 Å². The number of rotatable bonds is 5. The Morgan fingerprint density at radius 2 is 1.93 bits per heavy atom. The van der Waals surface area contributed by atoms with Crippen LogP contribution in [0.1, 0.15) is 29.7 Å². The highest BCUT2D eigenvalue weighted by Gasteiger charge is 2.60. The van der Waals surface area contributed by atoms with Crippen molar-refractivity contribution in [3.05, 3.63) is 61.9 Å². The third kappa shape index (κ3) is 3.39. The molecule has 9 heteroatoms. The first kappa shape index (κ1) is 18.9. The number of aromatic nitrogens is 3. The van der Waals surface area contributed by atoms with E-state index in [-0.39, 0.29) is 11.1 Å². The quantitative estimate of drug-likeness (QED) is 0.841. The van der Waals surface area contributed by atoms with Crippen LogP contribution in [-0.4, -0.2) is 39.3 Å². The van der Waals surface area contributed by atoms with Crippen molar-refractivity contribution in [1.82, 2.24) is 19.7 Å². The van der Waals surface area contributed by atoms with Gasteiger partial charge in [0.1, 0.15) is 5.69 Å². The van der Waals surface area contributed by atoms with Crippen molar-refractivity contribution in [1.29, 1.82) is 0 Å². The smallest absolute Gasteiger partial charge is 0.302 e. The second-order valence-electron chi connectivity index (χ2n) is 7.79. The maximum absolute atomic E-state index is 12.8. The predicted molar refractivity (Wildman–Crippen MR) is 96.1 cm³/mol. The number of aromatic amines is 1. The minimum atomic E-state index is -4.31. The van der Waals surface area contributed by atoms with Crippen LogP contribution in [0.25, 0.3) is 0 Å². The van der Waals surface area contributed by atoms with Crippen LogP contribution >= 0.6 is 0 Å². The van der Waals surface area contributed by atoms with Crippen molar-refractivity contribution in [2.75, 3.05) is 19.6 Å². The van der Waals surface area contributed by atoms with E-state index in [1.807, 2.05) is 0 Å². The molecule has 28 heavy (non-hydrogen) atoms. The first-order valence-electron chi connectivity index (χ1n) is 9.27. The first-order chi connectivity index (χ1) is 13.2. The maximum atomic E-state index is 12.8. The van der Waals surface area contributed by atoms with Gasteiger partial charge in [0.05, 0.1) is 5.56 Å². The average molecular weight is 394 g/mol. The maximum Gasteiger partial charge on any atom is 0.416 e. The molecule has 150 valence electrons. The van der Waals surface area contributed by atoms with E-state index in [9.17, 15) is 22.8 Å². The van der Waals surface area contributed by atoms with Gasteiger partial charge in [-0.2, -0.15) is 18.3 Å². The Morgan fingerprint density at radius 3 is 2.61 bits per heavy atom. The SMILES string of the molecule is Cc1nn(CCCN2C[C@@H]3C[C@]3(c3ccc(C(F)(F)F)cc3)C2)c(=O)[nH]c1=O. The minimum absolute atomic E-state index is 0.0339. The van der Waals surface area contributed by atoms with E-state index >= 15 is 0 Å². The Morgan fingerprint density at radius 1 is 1.21 bits per heavy atom. The Labute approximate surface area is 159 Å². The largest absolute Gasteiger partial charge is 0.416 e. The zero-order chi connectivity index (χ0) is 20.1. The number of piperidine rings is 1. The second kappa shape index (κ2) is 6.58. The monoisotopic (exact) mass is 394 g/mol. The molecule has 1 saturated heterocycles. The van der Waals surface area contributed by atoms with Crippen molar-refractivity contribution in [3.8, 4) is 0 Å². The summed E-state index contributed by atoms with van der Waals surface area (Å²) in [6.07, 6.45) is -2.60. The molecule has 2 fully saturated rings. The normalized spacial score (nSPS) is 24.4. The zero-order valence-electron chi connectivity index (χ0n) is 15.4. The molecule has 1 aromatic carbocycles. The molecule has 2 aromatic rings. The van der Waals surface area contributed by atoms with E-state index in [4.69, 9.17) is 0 Å². The molecule has 1 aromatic heterocycles. The fourth-order valence-electron chi connectivity index (χ4n) is 4.31. The van der Waals surface area contributed by atoms with E-state index < -0.39 is 23.0 Å². The van der Waals surface area contributed by atoms with Crippen LogP contribution in [0.5, 0.6) is 0 Å². The number of nitrogens with zero attached hydrogens (tertiary/aromatic N) is 3. The molecule has 1 saturated carbocycles. The van der Waals surface area contributed by atoms with Gasteiger partial charge in [0.25, 0.3) is 5.56 Å². The summed E-state index contributed by atoms with van der Waals surface area (Å²) < 4.78 is 39.6. The molecule has 0 amide bonds. The number of H-pyrrole nitrogens is 1. The number of benzene rings is 1. The average Bonchev–Trinajstić information content (AvgIpc) is 3.21. The summed E-state index contributed by atoms with van der Waals surface area (Å²) in [4.78, 5) is 27.6. The van der Waals surface area contributed by atoms with Gasteiger partial charge < -0.3 is 4.90 Å². The highest BCUT2D eigenvalue weighted by atomic mass is 19.4. The van der Waals surface area contributed by atoms with Gasteiger partial charge in [0, 0.05) is 25.0 Å². The summed E-state index contributed by atoms with van der Waals surface area (Å²) in [6.45, 7) is 4.46. The van der Waals surface area contributed by atoms with E-state index in [0.29, 0.717) is 18.9 Å². The van der Waals surface area contributed by atoms with E-state index in [0.717, 1.165) is 31.6 Å². The predicted octanol–water partition coefficient (Wildman–Crippen LogP) is 1.92. The summed E-state index contributed by atoms with van der Waals surface area (Å²) in [6, 6.07) is 5.55. The fraction of sp³-hybridized carbons (Fsp3) is 0.526. The number of fused-ring (bicyclic) bond motifs is 1. The summed E-state index contributed by atoms with van der Waals surface area (Å²) >= 11 is 0. The second-order valence-corrected chi connectivity index (χ2v) is 7.79. The van der Waals surface area contributed by atoms with Gasteiger partial charge in [-0.15, -0.1) is 0 Å². The lowest BCUT2D eigenvalue weighted by Gasteiger charge is -2.21. The molecule has 0 radical (unpaired) electrons. The van der Waals surface area contributed by atoms with Gasteiger partial charge in [0.2, 0.25) is 0 Å². The van der Waals surface area contributed by atoms with Gasteiger partial charge in [-0.05, 0) is 49.9 Å². The fourth-order valence-corrected chi connectivity index (χ4v) is 4.31. The van der Waals surface area contributed by atoms with Crippen LogP contribution in [0, 0.1) is 12.8 Å². The molecule has 0 bridgehead atoms. The number of nitrogens with one attached hydrogen (secondary N) is 1. The van der Waals surface area contributed by atoms with Crippen molar-refractivity contribution in [3.63, 3.8) is 0 Å². The summed E-state index contributed by atoms with van der Waals surface area (Å²) in [7, 11) is 0. The van der Waals surface area contributed by atoms with E-state index in [1.54, 1.807) is 19.1 Å². The van der Waals surface area contributed by atoms with E-state index in [2.05, 4.69) is 15.0 Å². The summed E-state index contributed by atoms with van der Waals surface area (Å²) in [5.74, 6) is 0.473. The van der Waals surface area contributed by atoms with Gasteiger partial charge in [0.15, 0.2) is 0 Å². The third-order valence-electron chi connectivity index (χ3n) is 5.90. The first-order valence-corrected chi connectivity index (χ1v) is 9.27. The number of hydrogen-bond donors (Lipinski definition) is 1. The number of alkyl halides is 3. The Bertz CT molecular complexity index is 996. The van der Waals surface area contributed by atoms with Gasteiger partial charge >= 0.3 is 11.9 Å². The molecule has 0 unspecified atom stereocenters. The number of hydrogen-bond acceptors (Lipinski definition) is 4. The van der Waals surface area contributed by atoms with Gasteiger partial charge in [-0.3, -0.25) is 9.78 Å². The van der Waals surface area contributed by atoms with Crippen LogP contribution in [0.15, 0.2) is 33.9 Å². The molecule has 2 aliphatic rings.